The van der Waals surface area contributed by atoms with E-state index in [2.05, 4.69) is 0 Å². The Morgan fingerprint density at radius 3 is 2.18 bits per heavy atom. The van der Waals surface area contributed by atoms with E-state index in [4.69, 9.17) is 0 Å². The maximum Gasteiger partial charge on any atom is 0.412 e. The Hall–Kier alpha value is -1.58. The zero-order valence-corrected chi connectivity index (χ0v) is 9.64. The van der Waals surface area contributed by atoms with E-state index in [1.165, 1.54) is 19.1 Å². The molecule has 0 aliphatic heterocycles. The van der Waals surface area contributed by atoms with Crippen molar-refractivity contribution in [1.29, 1.82) is 0 Å². The lowest BCUT2D eigenvalue weighted by Gasteiger charge is -2.08. The molecular formula is C13H13F3O. The van der Waals surface area contributed by atoms with Crippen molar-refractivity contribution in [3.05, 3.63) is 47.0 Å². The molecule has 0 atom stereocenters. The second kappa shape index (κ2) is 5.17. The quantitative estimate of drug-likeness (QED) is 0.576. The van der Waals surface area contributed by atoms with E-state index in [0.29, 0.717) is 6.08 Å². The summed E-state index contributed by atoms with van der Waals surface area (Å²) in [7, 11) is 0. The average molecular weight is 242 g/mol. The Labute approximate surface area is 98.0 Å². The smallest absolute Gasteiger partial charge is 0.289 e. The van der Waals surface area contributed by atoms with Crippen molar-refractivity contribution in [1.82, 2.24) is 0 Å². The van der Waals surface area contributed by atoms with E-state index in [-0.39, 0.29) is 12.0 Å². The molecule has 0 heterocycles. The molecule has 0 N–H and O–H groups in total. The summed E-state index contributed by atoms with van der Waals surface area (Å²) in [5.74, 6) is -0.612. The highest BCUT2D eigenvalue weighted by molar-refractivity contribution is 6.05. The lowest BCUT2D eigenvalue weighted by Crippen LogP contribution is -2.13. The van der Waals surface area contributed by atoms with Crippen LogP contribution in [0.15, 0.2) is 35.9 Å². The van der Waals surface area contributed by atoms with E-state index >= 15 is 0 Å². The molecule has 0 aromatic heterocycles. The van der Waals surface area contributed by atoms with Gasteiger partial charge in [0, 0.05) is 11.1 Å². The van der Waals surface area contributed by atoms with Crippen molar-refractivity contribution in [3.8, 4) is 0 Å². The fourth-order valence-electron chi connectivity index (χ4n) is 1.34. The molecule has 0 spiro atoms. The van der Waals surface area contributed by atoms with Crippen molar-refractivity contribution in [3.63, 3.8) is 0 Å². The highest BCUT2D eigenvalue weighted by Gasteiger charge is 2.32. The van der Waals surface area contributed by atoms with Gasteiger partial charge in [-0.05, 0) is 19.4 Å². The predicted octanol–water partition coefficient (Wildman–Crippen LogP) is 4.08. The largest absolute Gasteiger partial charge is 0.412 e. The molecule has 0 saturated heterocycles. The summed E-state index contributed by atoms with van der Waals surface area (Å²) in [5.41, 5.74) is 0.422. The number of allylic oxidation sites excluding steroid dienone is 2. The number of benzene rings is 1. The van der Waals surface area contributed by atoms with Gasteiger partial charge in [0.2, 0.25) is 0 Å². The van der Waals surface area contributed by atoms with Crippen LogP contribution in [0.3, 0.4) is 0 Å². The van der Waals surface area contributed by atoms with Gasteiger partial charge in [0.15, 0.2) is 5.78 Å². The zero-order valence-electron chi connectivity index (χ0n) is 9.64. The number of hydrogen-bond acceptors (Lipinski definition) is 1. The van der Waals surface area contributed by atoms with Crippen LogP contribution in [0.4, 0.5) is 13.2 Å². The van der Waals surface area contributed by atoms with Gasteiger partial charge in [-0.1, -0.05) is 36.8 Å². The van der Waals surface area contributed by atoms with E-state index < -0.39 is 17.5 Å². The summed E-state index contributed by atoms with van der Waals surface area (Å²) in [5, 5.41) is 0. The summed E-state index contributed by atoms with van der Waals surface area (Å²) in [4.78, 5) is 11.6. The fraction of sp³-hybridized carbons (Fsp3) is 0.308. The lowest BCUT2D eigenvalue weighted by molar-refractivity contribution is -0.0936. The molecule has 0 bridgehead atoms. The molecule has 1 aromatic carbocycles. The van der Waals surface area contributed by atoms with E-state index in [0.717, 1.165) is 5.56 Å². The molecule has 0 aliphatic carbocycles. The number of hydrogen-bond donors (Lipinski definition) is 0. The van der Waals surface area contributed by atoms with Crippen LogP contribution in [0.25, 0.3) is 0 Å². The van der Waals surface area contributed by atoms with E-state index in [1.807, 2.05) is 6.92 Å². The first-order chi connectivity index (χ1) is 7.84. The van der Waals surface area contributed by atoms with Gasteiger partial charge in [0.1, 0.15) is 0 Å². The molecule has 4 heteroatoms. The lowest BCUT2D eigenvalue weighted by atomic mass is 10.1. The normalized spacial score (nSPS) is 12.6. The maximum atomic E-state index is 12.4. The Morgan fingerprint density at radius 2 is 1.76 bits per heavy atom. The molecule has 0 fully saturated rings. The Morgan fingerprint density at radius 1 is 1.24 bits per heavy atom. The van der Waals surface area contributed by atoms with Crippen molar-refractivity contribution in [2.45, 2.75) is 26.4 Å². The molecule has 1 aromatic rings. The Kier molecular flexibility index (Phi) is 4.10. The molecule has 17 heavy (non-hydrogen) atoms. The fourth-order valence-corrected chi connectivity index (χ4v) is 1.34. The van der Waals surface area contributed by atoms with E-state index in [1.54, 1.807) is 12.1 Å². The molecule has 0 aliphatic rings. The number of carbonyl (C=O) groups is 1. The number of alkyl halides is 3. The van der Waals surface area contributed by atoms with Crippen LogP contribution < -0.4 is 0 Å². The van der Waals surface area contributed by atoms with E-state index in [9.17, 15) is 18.0 Å². The number of rotatable bonds is 3. The second-order valence-electron chi connectivity index (χ2n) is 3.75. The Bertz CT molecular complexity index is 427. The van der Waals surface area contributed by atoms with Crippen LogP contribution >= 0.6 is 0 Å². The molecule has 0 unspecified atom stereocenters. The van der Waals surface area contributed by atoms with Crippen LogP contribution in [0.5, 0.6) is 0 Å². The van der Waals surface area contributed by atoms with Gasteiger partial charge >= 0.3 is 6.18 Å². The number of carbonyl (C=O) groups excluding carboxylic acids is 1. The topological polar surface area (TPSA) is 17.1 Å². The molecular weight excluding hydrogens is 229 g/mol. The Balaban J connectivity index is 2.98. The molecule has 0 amide bonds. The third kappa shape index (κ3) is 3.73. The minimum absolute atomic E-state index is 0.207. The standard InChI is InChI=1S/C13H13F3O/c1-3-11(13(14,15)16)8-12(17)10-6-4-9(2)5-7-10/h4-8H,3H2,1-2H3/b11-8+. The predicted molar refractivity (Wildman–Crippen MR) is 59.9 cm³/mol. The van der Waals surface area contributed by atoms with Gasteiger partial charge in [-0.3, -0.25) is 4.79 Å². The number of aryl methyl sites for hydroxylation is 1. The summed E-state index contributed by atoms with van der Waals surface area (Å²) in [6, 6.07) is 6.44. The summed E-state index contributed by atoms with van der Waals surface area (Å²) in [6.07, 6.45) is -3.97. The minimum atomic E-state index is -4.44. The first kappa shape index (κ1) is 13.5. The summed E-state index contributed by atoms with van der Waals surface area (Å²) in [6.45, 7) is 3.22. The summed E-state index contributed by atoms with van der Waals surface area (Å²) < 4.78 is 37.3. The number of halogens is 3. The van der Waals surface area contributed by atoms with Gasteiger partial charge in [0.25, 0.3) is 0 Å². The van der Waals surface area contributed by atoms with Gasteiger partial charge in [-0.2, -0.15) is 13.2 Å². The highest BCUT2D eigenvalue weighted by Crippen LogP contribution is 2.28. The van der Waals surface area contributed by atoms with Crippen molar-refractivity contribution in [2.75, 3.05) is 0 Å². The third-order valence-corrected chi connectivity index (χ3v) is 2.39. The molecule has 1 rings (SSSR count). The first-order valence-electron chi connectivity index (χ1n) is 5.23. The summed E-state index contributed by atoms with van der Waals surface area (Å²) >= 11 is 0. The molecule has 0 radical (unpaired) electrons. The maximum absolute atomic E-state index is 12.4. The van der Waals surface area contributed by atoms with Gasteiger partial charge in [-0.15, -0.1) is 0 Å². The van der Waals surface area contributed by atoms with Crippen LogP contribution in [0.2, 0.25) is 0 Å². The molecule has 92 valence electrons. The van der Waals surface area contributed by atoms with Crippen molar-refractivity contribution < 1.29 is 18.0 Å². The monoisotopic (exact) mass is 242 g/mol. The van der Waals surface area contributed by atoms with Gasteiger partial charge in [-0.25, -0.2) is 0 Å². The van der Waals surface area contributed by atoms with Crippen molar-refractivity contribution in [2.24, 2.45) is 0 Å². The SMILES string of the molecule is CC/C(=C\C(=O)c1ccc(C)cc1)C(F)(F)F. The van der Waals surface area contributed by atoms with Crippen LogP contribution in [-0.2, 0) is 0 Å². The second-order valence-corrected chi connectivity index (χ2v) is 3.75. The van der Waals surface area contributed by atoms with Crippen LogP contribution in [0, 0.1) is 6.92 Å². The minimum Gasteiger partial charge on any atom is -0.289 e. The zero-order chi connectivity index (χ0) is 13.1. The van der Waals surface area contributed by atoms with Crippen LogP contribution in [0.1, 0.15) is 29.3 Å². The third-order valence-electron chi connectivity index (χ3n) is 2.39. The van der Waals surface area contributed by atoms with Gasteiger partial charge < -0.3 is 0 Å². The van der Waals surface area contributed by atoms with Gasteiger partial charge in [0.05, 0.1) is 0 Å². The first-order valence-corrected chi connectivity index (χ1v) is 5.23. The average Bonchev–Trinajstić information content (AvgIpc) is 2.24. The highest BCUT2D eigenvalue weighted by atomic mass is 19.4. The molecule has 1 nitrogen and oxygen atoms in total. The van der Waals surface area contributed by atoms with Crippen molar-refractivity contribution >= 4 is 5.78 Å². The van der Waals surface area contributed by atoms with Crippen LogP contribution in [-0.4, -0.2) is 12.0 Å². The molecule has 0 saturated carbocycles. The number of ketones is 1.